The van der Waals surface area contributed by atoms with Crippen LogP contribution in [0.2, 0.25) is 0 Å². The van der Waals surface area contributed by atoms with Gasteiger partial charge in [-0.1, -0.05) is 305 Å². The number of aliphatic hydroxyl groups is 1. The molecule has 0 rings (SSSR count). The third-order valence-electron chi connectivity index (χ3n) is 16.6. The fraction of sp³-hybridized carbons (Fsp3) is 0.753. The van der Waals surface area contributed by atoms with Crippen LogP contribution in [0.15, 0.2) is 97.2 Å². The van der Waals surface area contributed by atoms with E-state index in [1.807, 2.05) is 0 Å². The van der Waals surface area contributed by atoms with E-state index in [2.05, 4.69) is 125 Å². The Balaban J connectivity index is 5.38. The number of rotatable bonds is 74. The first-order valence-corrected chi connectivity index (χ1v) is 42.5. The first-order chi connectivity index (χ1) is 48.7. The van der Waals surface area contributed by atoms with Crippen LogP contribution in [0.5, 0.6) is 0 Å². The van der Waals surface area contributed by atoms with Crippen LogP contribution < -0.4 is 0 Å². The third-order valence-corrected chi connectivity index (χ3v) is 18.5. The van der Waals surface area contributed by atoms with Crippen molar-refractivity contribution in [3.8, 4) is 0 Å². The summed E-state index contributed by atoms with van der Waals surface area (Å²) < 4.78 is 68.5. The zero-order valence-electron chi connectivity index (χ0n) is 63.1. The Bertz CT molecular complexity index is 2270. The number of carbonyl (C=O) groups excluding carboxylic acids is 4. The lowest BCUT2D eigenvalue weighted by Crippen LogP contribution is -2.30. The largest absolute Gasteiger partial charge is 0.472 e. The number of unbranched alkanes of at least 4 members (excludes halogenated alkanes) is 32. The number of carbonyl (C=O) groups is 4. The number of phosphoric acid groups is 2. The molecule has 19 heteroatoms. The molecule has 17 nitrogen and oxygen atoms in total. The molecule has 5 atom stereocenters. The Morgan fingerprint density at radius 1 is 0.290 bits per heavy atom. The van der Waals surface area contributed by atoms with E-state index in [0.717, 1.165) is 141 Å². The third kappa shape index (κ3) is 72.3. The monoisotopic (exact) mass is 1450 g/mol. The van der Waals surface area contributed by atoms with Gasteiger partial charge in [0, 0.05) is 25.7 Å². The standard InChI is InChI=1S/C81H142O17P2/c1-5-9-13-17-21-25-29-33-36-37-40-43-46-50-54-58-62-66-79(84)92-72-77(98-81(86)68-64-60-56-52-48-44-39-35-31-27-23-19-15-11-7-3)74-96-100(89,90)94-70-75(82)69-93-99(87,88)95-73-76(97-80(85)67-63-59-55-51-47-41-32-28-24-20-16-12-8-4)71-91-78(83)65-61-57-53-49-45-42-38-34-30-26-22-18-14-10-6-2/h9-10,13-14,21-22,25-26,33-34,36,38,40,43,45,49,75-77,82H,5-8,11-12,15-20,23-24,27-32,35,37,39,41-42,44,46-48,50-74H2,1-4H3,(H,87,88)(H,89,90)/b13-9-,14-10-,25-21-,26-22-,36-33-,38-34-,43-40-,49-45-. The van der Waals surface area contributed by atoms with Gasteiger partial charge < -0.3 is 33.8 Å². The van der Waals surface area contributed by atoms with E-state index in [1.54, 1.807) is 0 Å². The number of esters is 4. The van der Waals surface area contributed by atoms with Crippen molar-refractivity contribution < 1.29 is 80.2 Å². The number of hydrogen-bond acceptors (Lipinski definition) is 15. The molecule has 0 aliphatic heterocycles. The van der Waals surface area contributed by atoms with Gasteiger partial charge in [-0.15, -0.1) is 0 Å². The van der Waals surface area contributed by atoms with Gasteiger partial charge in [-0.3, -0.25) is 37.3 Å². The predicted molar refractivity (Wildman–Crippen MR) is 409 cm³/mol. The van der Waals surface area contributed by atoms with E-state index in [1.165, 1.54) is 116 Å². The molecule has 578 valence electrons. The Labute approximate surface area is 607 Å². The Hall–Kier alpha value is -4.02. The zero-order chi connectivity index (χ0) is 73.2. The summed E-state index contributed by atoms with van der Waals surface area (Å²) in [6, 6.07) is 0. The maximum absolute atomic E-state index is 13.1. The molecule has 0 aromatic rings. The summed E-state index contributed by atoms with van der Waals surface area (Å²) in [4.78, 5) is 72.9. The quantitative estimate of drug-likeness (QED) is 0.0169. The predicted octanol–water partition coefficient (Wildman–Crippen LogP) is 22.8. The van der Waals surface area contributed by atoms with E-state index in [9.17, 15) is 43.2 Å². The lowest BCUT2D eigenvalue weighted by Gasteiger charge is -2.21. The van der Waals surface area contributed by atoms with Crippen LogP contribution >= 0.6 is 15.6 Å². The molecule has 0 spiro atoms. The van der Waals surface area contributed by atoms with E-state index in [0.29, 0.717) is 25.7 Å². The molecular weight excluding hydrogens is 1310 g/mol. The molecule has 0 bridgehead atoms. The molecule has 0 aromatic heterocycles. The number of hydrogen-bond donors (Lipinski definition) is 3. The van der Waals surface area contributed by atoms with E-state index in [-0.39, 0.29) is 25.7 Å². The molecule has 0 aliphatic carbocycles. The molecular formula is C81H142O17P2. The lowest BCUT2D eigenvalue weighted by atomic mass is 10.0. The maximum atomic E-state index is 13.1. The van der Waals surface area contributed by atoms with Gasteiger partial charge in [0.15, 0.2) is 12.2 Å². The normalized spacial score (nSPS) is 14.4. The Morgan fingerprint density at radius 2 is 0.520 bits per heavy atom. The average Bonchev–Trinajstić information content (AvgIpc) is 1.06. The second kappa shape index (κ2) is 73.3. The molecule has 0 radical (unpaired) electrons. The fourth-order valence-electron chi connectivity index (χ4n) is 10.6. The van der Waals surface area contributed by atoms with Crippen molar-refractivity contribution >= 4 is 39.5 Å². The first kappa shape index (κ1) is 96.0. The van der Waals surface area contributed by atoms with Crippen molar-refractivity contribution in [2.45, 2.75) is 354 Å². The number of allylic oxidation sites excluding steroid dienone is 16. The van der Waals surface area contributed by atoms with Gasteiger partial charge in [-0.25, -0.2) is 9.13 Å². The van der Waals surface area contributed by atoms with Crippen LogP contribution in [-0.2, 0) is 65.4 Å². The lowest BCUT2D eigenvalue weighted by molar-refractivity contribution is -0.161. The number of ether oxygens (including phenoxy) is 4. The molecule has 0 fully saturated rings. The fourth-order valence-corrected chi connectivity index (χ4v) is 12.2. The van der Waals surface area contributed by atoms with Crippen molar-refractivity contribution in [3.63, 3.8) is 0 Å². The highest BCUT2D eigenvalue weighted by molar-refractivity contribution is 7.47. The SMILES string of the molecule is CC/C=C\C/C=C\C/C=C\C/C=C\CCCCCCC(=O)OCC(COP(=O)(O)OCC(O)COP(=O)(O)OCC(COC(=O)CCCC/C=C\C/C=C\C/C=C\C/C=C\CC)OC(=O)CCCCCCCCCCCCCCC)OC(=O)CCCCCCCCCCCCCCCCC. The van der Waals surface area contributed by atoms with Gasteiger partial charge in [-0.2, -0.15) is 0 Å². The summed E-state index contributed by atoms with van der Waals surface area (Å²) in [7, 11) is -9.96. The van der Waals surface area contributed by atoms with Gasteiger partial charge >= 0.3 is 39.5 Å². The summed E-state index contributed by atoms with van der Waals surface area (Å²) in [6.07, 6.45) is 76.8. The second-order valence-corrected chi connectivity index (χ2v) is 29.2. The van der Waals surface area contributed by atoms with Gasteiger partial charge in [0.05, 0.1) is 26.4 Å². The van der Waals surface area contributed by atoms with Crippen LogP contribution in [0.3, 0.4) is 0 Å². The smallest absolute Gasteiger partial charge is 0.462 e. The van der Waals surface area contributed by atoms with Gasteiger partial charge in [-0.05, 0) is 103 Å². The molecule has 0 aliphatic rings. The van der Waals surface area contributed by atoms with Crippen LogP contribution in [0, 0.1) is 0 Å². The van der Waals surface area contributed by atoms with Crippen molar-refractivity contribution in [2.75, 3.05) is 39.6 Å². The molecule has 0 aromatic carbocycles. The summed E-state index contributed by atoms with van der Waals surface area (Å²) >= 11 is 0. The maximum Gasteiger partial charge on any atom is 0.472 e. The highest BCUT2D eigenvalue weighted by atomic mass is 31.2. The van der Waals surface area contributed by atoms with Crippen LogP contribution in [0.4, 0.5) is 0 Å². The molecule has 3 N–H and O–H groups in total. The highest BCUT2D eigenvalue weighted by Gasteiger charge is 2.30. The second-order valence-electron chi connectivity index (χ2n) is 26.3. The molecule has 0 heterocycles. The molecule has 0 amide bonds. The van der Waals surface area contributed by atoms with Gasteiger partial charge in [0.1, 0.15) is 19.3 Å². The average molecular weight is 1450 g/mol. The van der Waals surface area contributed by atoms with Crippen LogP contribution in [-0.4, -0.2) is 96.7 Å². The van der Waals surface area contributed by atoms with Crippen molar-refractivity contribution in [1.82, 2.24) is 0 Å². The van der Waals surface area contributed by atoms with E-state index >= 15 is 0 Å². The van der Waals surface area contributed by atoms with E-state index < -0.39 is 97.5 Å². The molecule has 0 saturated heterocycles. The number of aliphatic hydroxyl groups excluding tert-OH is 1. The van der Waals surface area contributed by atoms with Gasteiger partial charge in [0.2, 0.25) is 0 Å². The Kier molecular flexibility index (Phi) is 70.4. The summed E-state index contributed by atoms with van der Waals surface area (Å²) in [5.74, 6) is -2.23. The van der Waals surface area contributed by atoms with Crippen molar-refractivity contribution in [2.24, 2.45) is 0 Å². The zero-order valence-corrected chi connectivity index (χ0v) is 64.9. The van der Waals surface area contributed by atoms with Crippen molar-refractivity contribution in [1.29, 1.82) is 0 Å². The Morgan fingerprint density at radius 3 is 0.820 bits per heavy atom. The molecule has 5 unspecified atom stereocenters. The minimum Gasteiger partial charge on any atom is -0.462 e. The highest BCUT2D eigenvalue weighted by Crippen LogP contribution is 2.45. The summed E-state index contributed by atoms with van der Waals surface area (Å²) in [5, 5.41) is 10.6. The van der Waals surface area contributed by atoms with Gasteiger partial charge in [0.25, 0.3) is 0 Å². The minimum absolute atomic E-state index is 0.0888. The first-order valence-electron chi connectivity index (χ1n) is 39.5. The van der Waals surface area contributed by atoms with Crippen LogP contribution in [0.25, 0.3) is 0 Å². The summed E-state index contributed by atoms with van der Waals surface area (Å²) in [5.41, 5.74) is 0. The van der Waals surface area contributed by atoms with Crippen LogP contribution in [0.1, 0.15) is 336 Å². The molecule has 100 heavy (non-hydrogen) atoms. The van der Waals surface area contributed by atoms with E-state index in [4.69, 9.17) is 37.0 Å². The topological polar surface area (TPSA) is 237 Å². The number of phosphoric ester groups is 2. The summed E-state index contributed by atoms with van der Waals surface area (Å²) in [6.45, 7) is 4.62. The molecule has 0 saturated carbocycles. The minimum atomic E-state index is -4.98. The van der Waals surface area contributed by atoms with Crippen molar-refractivity contribution in [3.05, 3.63) is 97.2 Å².